The van der Waals surface area contributed by atoms with Crippen LogP contribution in [0.3, 0.4) is 0 Å². The van der Waals surface area contributed by atoms with Gasteiger partial charge in [-0.3, -0.25) is 4.79 Å². The van der Waals surface area contributed by atoms with Crippen LogP contribution < -0.4 is 11.1 Å². The van der Waals surface area contributed by atoms with E-state index >= 15 is 0 Å². The molecule has 2 atom stereocenters. The standard InChI is InChI=1S/C13H24N2O2/c1-9-7-13(12(14)16,8-10(2)17-9)15-11-5-3-4-6-11/h9-11,15H,3-8H2,1-2H3,(H2,14,16). The number of nitrogens with two attached hydrogens (primary N) is 1. The molecule has 2 unspecified atom stereocenters. The summed E-state index contributed by atoms with van der Waals surface area (Å²) in [4.78, 5) is 11.9. The third-order valence-corrected chi connectivity index (χ3v) is 4.04. The molecule has 98 valence electrons. The van der Waals surface area contributed by atoms with Crippen LogP contribution in [-0.2, 0) is 9.53 Å². The number of amides is 1. The van der Waals surface area contributed by atoms with E-state index in [0.29, 0.717) is 18.9 Å². The molecule has 4 heteroatoms. The van der Waals surface area contributed by atoms with E-state index < -0.39 is 5.54 Å². The van der Waals surface area contributed by atoms with E-state index in [1.54, 1.807) is 0 Å². The topological polar surface area (TPSA) is 64.3 Å². The first-order chi connectivity index (χ1) is 8.02. The lowest BCUT2D eigenvalue weighted by atomic mass is 9.82. The van der Waals surface area contributed by atoms with Crippen molar-refractivity contribution in [2.24, 2.45) is 5.73 Å². The van der Waals surface area contributed by atoms with Crippen LogP contribution in [0, 0.1) is 0 Å². The maximum atomic E-state index is 11.9. The summed E-state index contributed by atoms with van der Waals surface area (Å²) in [5, 5.41) is 3.54. The van der Waals surface area contributed by atoms with E-state index in [1.165, 1.54) is 25.7 Å². The normalized spacial score (nSPS) is 39.4. The first-order valence-corrected chi connectivity index (χ1v) is 6.75. The minimum Gasteiger partial charge on any atom is -0.375 e. The molecule has 2 rings (SSSR count). The Morgan fingerprint density at radius 2 is 1.76 bits per heavy atom. The van der Waals surface area contributed by atoms with Gasteiger partial charge < -0.3 is 15.8 Å². The van der Waals surface area contributed by atoms with Gasteiger partial charge in [-0.25, -0.2) is 0 Å². The van der Waals surface area contributed by atoms with Crippen LogP contribution in [-0.4, -0.2) is 29.7 Å². The van der Waals surface area contributed by atoms with Crippen molar-refractivity contribution in [1.82, 2.24) is 5.32 Å². The predicted molar refractivity (Wildman–Crippen MR) is 66.6 cm³/mol. The molecule has 17 heavy (non-hydrogen) atoms. The predicted octanol–water partition coefficient (Wildman–Crippen LogP) is 1.33. The second kappa shape index (κ2) is 4.94. The van der Waals surface area contributed by atoms with E-state index in [2.05, 4.69) is 5.32 Å². The highest BCUT2D eigenvalue weighted by molar-refractivity contribution is 5.85. The van der Waals surface area contributed by atoms with Crippen molar-refractivity contribution >= 4 is 5.91 Å². The molecule has 2 aliphatic rings. The number of carbonyl (C=O) groups is 1. The molecule has 2 fully saturated rings. The van der Waals surface area contributed by atoms with Crippen LogP contribution in [0.2, 0.25) is 0 Å². The first kappa shape index (κ1) is 12.8. The summed E-state index contributed by atoms with van der Waals surface area (Å²) in [6.07, 6.45) is 6.44. The Hall–Kier alpha value is -0.610. The molecule has 4 nitrogen and oxygen atoms in total. The molecule has 1 amide bonds. The van der Waals surface area contributed by atoms with Crippen molar-refractivity contribution in [3.8, 4) is 0 Å². The maximum Gasteiger partial charge on any atom is 0.237 e. The molecular formula is C13H24N2O2. The zero-order valence-corrected chi connectivity index (χ0v) is 10.9. The summed E-state index contributed by atoms with van der Waals surface area (Å²) < 4.78 is 5.71. The molecule has 0 aromatic carbocycles. The molecule has 1 saturated heterocycles. The summed E-state index contributed by atoms with van der Waals surface area (Å²) >= 11 is 0. The van der Waals surface area contributed by atoms with Crippen molar-refractivity contribution < 1.29 is 9.53 Å². The molecule has 1 aliphatic carbocycles. The van der Waals surface area contributed by atoms with Gasteiger partial charge in [0.25, 0.3) is 0 Å². The molecule has 3 N–H and O–H groups in total. The highest BCUT2D eigenvalue weighted by Crippen LogP contribution is 2.31. The Morgan fingerprint density at radius 3 is 2.24 bits per heavy atom. The summed E-state index contributed by atoms with van der Waals surface area (Å²) in [6.45, 7) is 4.04. The van der Waals surface area contributed by atoms with E-state index in [0.717, 1.165) is 0 Å². The molecule has 1 aliphatic heterocycles. The zero-order chi connectivity index (χ0) is 12.5. The van der Waals surface area contributed by atoms with Gasteiger partial charge in [0.2, 0.25) is 5.91 Å². The van der Waals surface area contributed by atoms with Crippen molar-refractivity contribution in [3.05, 3.63) is 0 Å². The van der Waals surface area contributed by atoms with Crippen LogP contribution >= 0.6 is 0 Å². The largest absolute Gasteiger partial charge is 0.375 e. The van der Waals surface area contributed by atoms with Gasteiger partial charge in [-0.15, -0.1) is 0 Å². The fraction of sp³-hybridized carbons (Fsp3) is 0.923. The Morgan fingerprint density at radius 1 is 1.24 bits per heavy atom. The maximum absolute atomic E-state index is 11.9. The van der Waals surface area contributed by atoms with Gasteiger partial charge in [0.15, 0.2) is 0 Å². The third kappa shape index (κ3) is 2.80. The molecule has 0 aromatic heterocycles. The van der Waals surface area contributed by atoms with Crippen LogP contribution in [0.1, 0.15) is 52.4 Å². The average molecular weight is 240 g/mol. The van der Waals surface area contributed by atoms with Gasteiger partial charge in [0.05, 0.1) is 12.2 Å². The average Bonchev–Trinajstić information content (AvgIpc) is 2.68. The molecule has 1 saturated carbocycles. The van der Waals surface area contributed by atoms with Gasteiger partial charge in [-0.05, 0) is 26.7 Å². The van der Waals surface area contributed by atoms with E-state index in [9.17, 15) is 4.79 Å². The Kier molecular flexibility index (Phi) is 3.73. The third-order valence-electron chi connectivity index (χ3n) is 4.04. The molecular weight excluding hydrogens is 216 g/mol. The van der Waals surface area contributed by atoms with Crippen molar-refractivity contribution in [1.29, 1.82) is 0 Å². The van der Waals surface area contributed by atoms with Gasteiger partial charge in [-0.1, -0.05) is 12.8 Å². The van der Waals surface area contributed by atoms with E-state index in [-0.39, 0.29) is 18.1 Å². The summed E-state index contributed by atoms with van der Waals surface area (Å²) in [5.41, 5.74) is 5.10. The SMILES string of the molecule is CC1CC(NC2CCCC2)(C(N)=O)CC(C)O1. The quantitative estimate of drug-likeness (QED) is 0.782. The second-order valence-corrected chi connectivity index (χ2v) is 5.74. The minimum atomic E-state index is -0.550. The minimum absolute atomic E-state index is 0.0974. The van der Waals surface area contributed by atoms with Crippen LogP contribution in [0.15, 0.2) is 0 Å². The van der Waals surface area contributed by atoms with E-state index in [1.807, 2.05) is 13.8 Å². The fourth-order valence-electron chi connectivity index (χ4n) is 3.41. The number of rotatable bonds is 3. The number of carbonyl (C=O) groups excluding carboxylic acids is 1. The highest BCUT2D eigenvalue weighted by atomic mass is 16.5. The van der Waals surface area contributed by atoms with Crippen LogP contribution in [0.5, 0.6) is 0 Å². The zero-order valence-electron chi connectivity index (χ0n) is 10.9. The number of hydrogen-bond donors (Lipinski definition) is 2. The number of hydrogen-bond acceptors (Lipinski definition) is 3. The summed E-state index contributed by atoms with van der Waals surface area (Å²) in [7, 11) is 0. The van der Waals surface area contributed by atoms with Gasteiger partial charge in [0, 0.05) is 18.9 Å². The fourth-order valence-corrected chi connectivity index (χ4v) is 3.41. The van der Waals surface area contributed by atoms with Crippen molar-refractivity contribution in [2.45, 2.75) is 76.2 Å². The Balaban J connectivity index is 2.10. The molecule has 0 bridgehead atoms. The van der Waals surface area contributed by atoms with Gasteiger partial charge in [-0.2, -0.15) is 0 Å². The first-order valence-electron chi connectivity index (χ1n) is 6.75. The lowest BCUT2D eigenvalue weighted by molar-refractivity contribution is -0.136. The number of nitrogens with one attached hydrogen (secondary N) is 1. The van der Waals surface area contributed by atoms with Gasteiger partial charge >= 0.3 is 0 Å². The summed E-state index contributed by atoms with van der Waals surface area (Å²) in [5.74, 6) is -0.216. The number of primary amides is 1. The Bertz CT molecular complexity index is 277. The van der Waals surface area contributed by atoms with Gasteiger partial charge in [0.1, 0.15) is 5.54 Å². The molecule has 0 aromatic rings. The lowest BCUT2D eigenvalue weighted by Gasteiger charge is -2.42. The van der Waals surface area contributed by atoms with Crippen molar-refractivity contribution in [2.75, 3.05) is 0 Å². The van der Waals surface area contributed by atoms with E-state index in [4.69, 9.17) is 10.5 Å². The monoisotopic (exact) mass is 240 g/mol. The van der Waals surface area contributed by atoms with Crippen LogP contribution in [0.25, 0.3) is 0 Å². The van der Waals surface area contributed by atoms with Crippen molar-refractivity contribution in [3.63, 3.8) is 0 Å². The smallest absolute Gasteiger partial charge is 0.237 e. The highest BCUT2D eigenvalue weighted by Gasteiger charge is 2.44. The lowest BCUT2D eigenvalue weighted by Crippen LogP contribution is -2.63. The molecule has 1 heterocycles. The second-order valence-electron chi connectivity index (χ2n) is 5.74. The molecule has 0 spiro atoms. The molecule has 0 radical (unpaired) electrons. The number of ether oxygens (including phenoxy) is 1. The Labute approximate surface area is 103 Å². The summed E-state index contributed by atoms with van der Waals surface area (Å²) in [6, 6.07) is 0.458. The van der Waals surface area contributed by atoms with Crippen LogP contribution in [0.4, 0.5) is 0 Å².